The van der Waals surface area contributed by atoms with E-state index in [0.717, 1.165) is 23.3 Å². The highest BCUT2D eigenvalue weighted by Crippen LogP contribution is 2.19. The lowest BCUT2D eigenvalue weighted by Gasteiger charge is -2.07. The molecular formula is C19H21N3O4. The minimum absolute atomic E-state index is 0.0138. The van der Waals surface area contributed by atoms with Crippen LogP contribution in [0.3, 0.4) is 0 Å². The Balaban J connectivity index is 1.74. The van der Waals surface area contributed by atoms with Crippen molar-refractivity contribution in [3.8, 4) is 5.75 Å². The average molecular weight is 355 g/mol. The molecule has 7 heteroatoms. The number of aryl methyl sites for hydroxylation is 2. The minimum atomic E-state index is -0.465. The van der Waals surface area contributed by atoms with Gasteiger partial charge in [-0.25, -0.2) is 5.43 Å². The second-order valence-corrected chi connectivity index (χ2v) is 5.80. The van der Waals surface area contributed by atoms with Gasteiger partial charge in [-0.2, -0.15) is 5.10 Å². The first-order chi connectivity index (χ1) is 12.5. The lowest BCUT2D eigenvalue weighted by Crippen LogP contribution is -2.17. The van der Waals surface area contributed by atoms with Crippen LogP contribution in [0, 0.1) is 17.0 Å². The third-order valence-electron chi connectivity index (χ3n) is 3.84. The zero-order valence-corrected chi connectivity index (χ0v) is 14.8. The molecule has 0 aliphatic carbocycles. The van der Waals surface area contributed by atoms with E-state index in [1.807, 2.05) is 19.1 Å². The maximum Gasteiger partial charge on any atom is 0.269 e. The number of nitrogens with zero attached hydrogens (tertiary/aromatic N) is 2. The maximum absolute atomic E-state index is 11.8. The maximum atomic E-state index is 11.8. The molecule has 0 aromatic heterocycles. The van der Waals surface area contributed by atoms with Crippen molar-refractivity contribution in [1.29, 1.82) is 0 Å². The number of nitrogens with one attached hydrogen (secondary N) is 1. The van der Waals surface area contributed by atoms with E-state index >= 15 is 0 Å². The Morgan fingerprint density at radius 3 is 2.62 bits per heavy atom. The van der Waals surface area contributed by atoms with Crippen molar-refractivity contribution < 1.29 is 14.5 Å². The number of amides is 1. The number of ether oxygens (including phenoxy) is 1. The molecule has 0 unspecified atom stereocenters. The zero-order valence-electron chi connectivity index (χ0n) is 14.8. The summed E-state index contributed by atoms with van der Waals surface area (Å²) in [7, 11) is 1.64. The summed E-state index contributed by atoms with van der Waals surface area (Å²) >= 11 is 0. The molecular weight excluding hydrogens is 334 g/mol. The van der Waals surface area contributed by atoms with Gasteiger partial charge in [-0.15, -0.1) is 0 Å². The summed E-state index contributed by atoms with van der Waals surface area (Å²) in [6.45, 7) is 1.99. The monoisotopic (exact) mass is 355 g/mol. The largest absolute Gasteiger partial charge is 0.496 e. The van der Waals surface area contributed by atoms with Gasteiger partial charge >= 0.3 is 0 Å². The molecule has 0 saturated heterocycles. The molecule has 0 spiro atoms. The minimum Gasteiger partial charge on any atom is -0.496 e. The molecule has 1 amide bonds. The number of non-ortho nitro benzene ring substituents is 1. The number of benzene rings is 2. The number of methoxy groups -OCH3 is 1. The van der Waals surface area contributed by atoms with Crippen molar-refractivity contribution >= 4 is 17.8 Å². The van der Waals surface area contributed by atoms with Crippen LogP contribution in [-0.2, 0) is 11.2 Å². The molecule has 7 nitrogen and oxygen atoms in total. The van der Waals surface area contributed by atoms with E-state index in [1.165, 1.54) is 18.3 Å². The summed E-state index contributed by atoms with van der Waals surface area (Å²) in [5.41, 5.74) is 5.38. The number of nitro groups is 1. The highest BCUT2D eigenvalue weighted by molar-refractivity contribution is 5.82. The number of hydrogen-bond donors (Lipinski definition) is 1. The number of hydrazone groups is 1. The van der Waals surface area contributed by atoms with Crippen LogP contribution >= 0.6 is 0 Å². The van der Waals surface area contributed by atoms with Crippen LogP contribution in [-0.4, -0.2) is 24.2 Å². The Bertz CT molecular complexity index is 801. The molecule has 0 bridgehead atoms. The van der Waals surface area contributed by atoms with Gasteiger partial charge < -0.3 is 4.74 Å². The molecule has 136 valence electrons. The quantitative estimate of drug-likeness (QED) is 0.446. The summed E-state index contributed by atoms with van der Waals surface area (Å²) < 4.78 is 5.23. The van der Waals surface area contributed by atoms with Crippen LogP contribution < -0.4 is 10.2 Å². The van der Waals surface area contributed by atoms with E-state index in [1.54, 1.807) is 19.2 Å². The average Bonchev–Trinajstić information content (AvgIpc) is 2.62. The molecule has 1 N–H and O–H groups in total. The first kappa shape index (κ1) is 19.1. The SMILES string of the molecule is COc1ccc(CCCC(=O)NN=Cc2ccc([N+](=O)[O-])cc2)cc1C. The van der Waals surface area contributed by atoms with Crippen molar-refractivity contribution in [1.82, 2.24) is 5.43 Å². The standard InChI is InChI=1S/C19H21N3O4/c1-14-12-15(8-11-18(14)26-2)4-3-5-19(23)21-20-13-16-6-9-17(10-7-16)22(24)25/h6-13H,3-5H2,1-2H3,(H,21,23). The van der Waals surface area contributed by atoms with Crippen molar-refractivity contribution in [3.05, 3.63) is 69.3 Å². The molecule has 0 heterocycles. The summed E-state index contributed by atoms with van der Waals surface area (Å²) in [5, 5.41) is 14.4. The van der Waals surface area contributed by atoms with Gasteiger partial charge in [0, 0.05) is 18.6 Å². The topological polar surface area (TPSA) is 93.8 Å². The van der Waals surface area contributed by atoms with Gasteiger partial charge in [0.25, 0.3) is 5.69 Å². The second kappa shape index (κ2) is 9.31. The molecule has 0 fully saturated rings. The predicted octanol–water partition coefficient (Wildman–Crippen LogP) is 3.38. The fraction of sp³-hybridized carbons (Fsp3) is 0.263. The van der Waals surface area contributed by atoms with Gasteiger partial charge in [-0.1, -0.05) is 12.1 Å². The summed E-state index contributed by atoms with van der Waals surface area (Å²) in [5.74, 6) is 0.681. The Morgan fingerprint density at radius 2 is 2.00 bits per heavy atom. The first-order valence-corrected chi connectivity index (χ1v) is 8.19. The van der Waals surface area contributed by atoms with Crippen LogP contribution in [0.5, 0.6) is 5.75 Å². The van der Waals surface area contributed by atoms with E-state index in [4.69, 9.17) is 4.74 Å². The lowest BCUT2D eigenvalue weighted by molar-refractivity contribution is -0.384. The fourth-order valence-electron chi connectivity index (χ4n) is 2.47. The molecule has 0 atom stereocenters. The molecule has 0 saturated carbocycles. The molecule has 2 aromatic rings. The summed E-state index contributed by atoms with van der Waals surface area (Å²) in [6, 6.07) is 11.9. The highest BCUT2D eigenvalue weighted by atomic mass is 16.6. The van der Waals surface area contributed by atoms with Crippen LogP contribution in [0.4, 0.5) is 5.69 Å². The zero-order chi connectivity index (χ0) is 18.9. The number of carbonyl (C=O) groups is 1. The van der Waals surface area contributed by atoms with Crippen LogP contribution in [0.1, 0.15) is 29.5 Å². The van der Waals surface area contributed by atoms with Crippen molar-refractivity contribution in [3.63, 3.8) is 0 Å². The van der Waals surface area contributed by atoms with Crippen LogP contribution in [0.25, 0.3) is 0 Å². The molecule has 0 radical (unpaired) electrons. The van der Waals surface area contributed by atoms with E-state index in [9.17, 15) is 14.9 Å². The third kappa shape index (κ3) is 5.70. The Morgan fingerprint density at radius 1 is 1.27 bits per heavy atom. The van der Waals surface area contributed by atoms with E-state index in [-0.39, 0.29) is 11.6 Å². The fourth-order valence-corrected chi connectivity index (χ4v) is 2.47. The van der Waals surface area contributed by atoms with Gasteiger partial charge in [0.2, 0.25) is 5.91 Å². The number of carbonyl (C=O) groups excluding carboxylic acids is 1. The highest BCUT2D eigenvalue weighted by Gasteiger charge is 2.04. The molecule has 2 aromatic carbocycles. The van der Waals surface area contributed by atoms with Crippen LogP contribution in [0.15, 0.2) is 47.6 Å². The summed E-state index contributed by atoms with van der Waals surface area (Å²) in [6.07, 6.45) is 3.33. The van der Waals surface area contributed by atoms with E-state index in [2.05, 4.69) is 16.6 Å². The van der Waals surface area contributed by atoms with Gasteiger partial charge in [-0.3, -0.25) is 14.9 Å². The lowest BCUT2D eigenvalue weighted by atomic mass is 10.1. The smallest absolute Gasteiger partial charge is 0.269 e. The number of hydrogen-bond acceptors (Lipinski definition) is 5. The molecule has 26 heavy (non-hydrogen) atoms. The molecule has 0 aliphatic heterocycles. The Kier molecular flexibility index (Phi) is 6.84. The van der Waals surface area contributed by atoms with E-state index in [0.29, 0.717) is 18.4 Å². The molecule has 2 rings (SSSR count). The van der Waals surface area contributed by atoms with Gasteiger partial charge in [0.05, 0.1) is 18.2 Å². The number of rotatable bonds is 8. The Labute approximate surface area is 151 Å². The normalized spacial score (nSPS) is 10.7. The Hall–Kier alpha value is -3.22. The van der Waals surface area contributed by atoms with Crippen molar-refractivity contribution in [2.45, 2.75) is 26.2 Å². The second-order valence-electron chi connectivity index (χ2n) is 5.80. The third-order valence-corrected chi connectivity index (χ3v) is 3.84. The van der Waals surface area contributed by atoms with Gasteiger partial charge in [0.15, 0.2) is 0 Å². The van der Waals surface area contributed by atoms with Crippen molar-refractivity contribution in [2.75, 3.05) is 7.11 Å². The van der Waals surface area contributed by atoms with Crippen molar-refractivity contribution in [2.24, 2.45) is 5.10 Å². The van der Waals surface area contributed by atoms with E-state index < -0.39 is 4.92 Å². The predicted molar refractivity (Wildman–Crippen MR) is 99.5 cm³/mol. The van der Waals surface area contributed by atoms with Crippen LogP contribution in [0.2, 0.25) is 0 Å². The molecule has 0 aliphatic rings. The number of nitro benzene ring substituents is 1. The van der Waals surface area contributed by atoms with Gasteiger partial charge in [0.1, 0.15) is 5.75 Å². The van der Waals surface area contributed by atoms with Gasteiger partial charge in [-0.05, 0) is 54.7 Å². The first-order valence-electron chi connectivity index (χ1n) is 8.19. The summed E-state index contributed by atoms with van der Waals surface area (Å²) in [4.78, 5) is 21.9.